The van der Waals surface area contributed by atoms with E-state index in [1.165, 1.54) is 0 Å². The molecule has 0 radical (unpaired) electrons. The molecule has 0 saturated carbocycles. The fraction of sp³-hybridized carbons (Fsp3) is 0.786. The summed E-state index contributed by atoms with van der Waals surface area (Å²) < 4.78 is 10.9. The van der Waals surface area contributed by atoms with Crippen LogP contribution in [0.4, 0.5) is 0 Å². The Labute approximate surface area is 117 Å². The van der Waals surface area contributed by atoms with Gasteiger partial charge in [-0.25, -0.2) is 4.79 Å². The van der Waals surface area contributed by atoms with E-state index >= 15 is 0 Å². The number of carbonyl (C=O) groups is 1. The number of aliphatic hydroxyl groups is 1. The van der Waals surface area contributed by atoms with Gasteiger partial charge in [0.05, 0.1) is 6.61 Å². The van der Waals surface area contributed by atoms with E-state index in [9.17, 15) is 9.90 Å². The van der Waals surface area contributed by atoms with E-state index in [4.69, 9.17) is 9.16 Å². The lowest BCUT2D eigenvalue weighted by atomic mass is 10.2. The summed E-state index contributed by atoms with van der Waals surface area (Å²) in [7, 11) is -2.06. The third-order valence-corrected chi connectivity index (χ3v) is 7.93. The van der Waals surface area contributed by atoms with Crippen LogP contribution in [0.3, 0.4) is 0 Å². The van der Waals surface area contributed by atoms with Gasteiger partial charge in [0.1, 0.15) is 6.10 Å². The molecule has 0 aliphatic heterocycles. The molecule has 0 bridgehead atoms. The molecule has 0 rings (SSSR count). The molecule has 5 heteroatoms. The van der Waals surface area contributed by atoms with E-state index in [0.717, 1.165) is 0 Å². The zero-order chi connectivity index (χ0) is 15.3. The zero-order valence-corrected chi connectivity index (χ0v) is 14.2. The predicted molar refractivity (Wildman–Crippen MR) is 79.5 cm³/mol. The molecule has 0 aromatic carbocycles. The van der Waals surface area contributed by atoms with Crippen LogP contribution in [-0.4, -0.2) is 38.2 Å². The molecule has 0 heterocycles. The van der Waals surface area contributed by atoms with Crippen molar-refractivity contribution < 1.29 is 19.1 Å². The number of esters is 1. The monoisotopic (exact) mass is 288 g/mol. The lowest BCUT2D eigenvalue weighted by molar-refractivity contribution is -0.156. The Morgan fingerprint density at radius 1 is 1.37 bits per heavy atom. The smallest absolute Gasteiger partial charge is 0.338 e. The molecule has 1 N–H and O–H groups in total. The molecule has 0 amide bonds. The van der Waals surface area contributed by atoms with Gasteiger partial charge in [0.25, 0.3) is 0 Å². The van der Waals surface area contributed by atoms with E-state index in [-0.39, 0.29) is 11.6 Å². The molecule has 2 atom stereocenters. The van der Waals surface area contributed by atoms with Crippen LogP contribution in [0.1, 0.15) is 34.6 Å². The van der Waals surface area contributed by atoms with Crippen molar-refractivity contribution >= 4 is 14.3 Å². The molecule has 19 heavy (non-hydrogen) atoms. The Kier molecular flexibility index (Phi) is 6.97. The lowest BCUT2D eigenvalue weighted by Gasteiger charge is -2.39. The molecule has 0 aliphatic carbocycles. The summed E-state index contributed by atoms with van der Waals surface area (Å²) in [4.78, 5) is 11.6. The SMILES string of the molecule is C/C=C\[C@@H](O[Si](C)(C)C(C)(C)C)[C@@H](O)C(=O)OCC. The van der Waals surface area contributed by atoms with Crippen molar-refractivity contribution in [2.75, 3.05) is 6.61 Å². The van der Waals surface area contributed by atoms with Crippen LogP contribution in [-0.2, 0) is 14.0 Å². The second-order valence-electron chi connectivity index (χ2n) is 6.07. The quantitative estimate of drug-likeness (QED) is 0.464. The normalized spacial score (nSPS) is 16.4. The van der Waals surface area contributed by atoms with Crippen LogP contribution in [0.15, 0.2) is 12.2 Å². The van der Waals surface area contributed by atoms with Gasteiger partial charge in [-0.05, 0) is 32.0 Å². The van der Waals surface area contributed by atoms with E-state index in [0.29, 0.717) is 0 Å². The van der Waals surface area contributed by atoms with Gasteiger partial charge in [0, 0.05) is 0 Å². The van der Waals surface area contributed by atoms with Crippen molar-refractivity contribution in [3.8, 4) is 0 Å². The van der Waals surface area contributed by atoms with E-state index < -0.39 is 26.5 Å². The lowest BCUT2D eigenvalue weighted by Crippen LogP contribution is -2.48. The van der Waals surface area contributed by atoms with Gasteiger partial charge in [-0.3, -0.25) is 0 Å². The maximum absolute atomic E-state index is 11.6. The summed E-state index contributed by atoms with van der Waals surface area (Å²) in [6.07, 6.45) is 1.57. The largest absolute Gasteiger partial charge is 0.464 e. The Morgan fingerprint density at radius 3 is 2.26 bits per heavy atom. The summed E-state index contributed by atoms with van der Waals surface area (Å²) in [6.45, 7) is 14.3. The summed E-state index contributed by atoms with van der Waals surface area (Å²) in [5.41, 5.74) is 0. The number of hydrogen-bond donors (Lipinski definition) is 1. The molecule has 4 nitrogen and oxygen atoms in total. The van der Waals surface area contributed by atoms with Crippen molar-refractivity contribution in [2.24, 2.45) is 0 Å². The maximum Gasteiger partial charge on any atom is 0.338 e. The molecule has 0 aliphatic rings. The highest BCUT2D eigenvalue weighted by Gasteiger charge is 2.41. The van der Waals surface area contributed by atoms with Crippen molar-refractivity contribution in [3.63, 3.8) is 0 Å². The molecule has 0 aromatic rings. The van der Waals surface area contributed by atoms with Crippen molar-refractivity contribution in [3.05, 3.63) is 12.2 Å². The number of hydrogen-bond acceptors (Lipinski definition) is 4. The van der Waals surface area contributed by atoms with Gasteiger partial charge < -0.3 is 14.3 Å². The van der Waals surface area contributed by atoms with E-state index in [1.807, 2.05) is 6.92 Å². The van der Waals surface area contributed by atoms with Crippen LogP contribution in [0.25, 0.3) is 0 Å². The van der Waals surface area contributed by atoms with Crippen LogP contribution in [0.5, 0.6) is 0 Å². The Hall–Kier alpha value is -0.653. The van der Waals surface area contributed by atoms with Crippen LogP contribution >= 0.6 is 0 Å². The number of ether oxygens (including phenoxy) is 1. The van der Waals surface area contributed by atoms with Crippen LogP contribution < -0.4 is 0 Å². The van der Waals surface area contributed by atoms with Gasteiger partial charge in [-0.15, -0.1) is 0 Å². The summed E-state index contributed by atoms with van der Waals surface area (Å²) in [6, 6.07) is 0. The topological polar surface area (TPSA) is 55.8 Å². The predicted octanol–water partition coefficient (Wildman–Crippen LogP) is 2.88. The number of allylic oxidation sites excluding steroid dienone is 1. The summed E-state index contributed by atoms with van der Waals surface area (Å²) in [5, 5.41) is 10.1. The van der Waals surface area contributed by atoms with Crippen molar-refractivity contribution in [2.45, 2.75) is 65.0 Å². The van der Waals surface area contributed by atoms with Crippen LogP contribution in [0, 0.1) is 0 Å². The van der Waals surface area contributed by atoms with Crippen molar-refractivity contribution in [1.29, 1.82) is 0 Å². The van der Waals surface area contributed by atoms with E-state index in [2.05, 4.69) is 33.9 Å². The van der Waals surface area contributed by atoms with Gasteiger partial charge in [-0.2, -0.15) is 0 Å². The average molecular weight is 288 g/mol. The molecule has 0 aromatic heterocycles. The second kappa shape index (κ2) is 7.22. The average Bonchev–Trinajstić information content (AvgIpc) is 2.26. The molecule has 112 valence electrons. The van der Waals surface area contributed by atoms with Crippen LogP contribution in [0.2, 0.25) is 18.1 Å². The minimum Gasteiger partial charge on any atom is -0.464 e. The molecular weight excluding hydrogens is 260 g/mol. The van der Waals surface area contributed by atoms with Gasteiger partial charge in [0.15, 0.2) is 14.4 Å². The zero-order valence-electron chi connectivity index (χ0n) is 13.2. The van der Waals surface area contributed by atoms with Gasteiger partial charge >= 0.3 is 5.97 Å². The van der Waals surface area contributed by atoms with Gasteiger partial charge in [-0.1, -0.05) is 32.9 Å². The third kappa shape index (κ3) is 5.46. The first-order chi connectivity index (χ1) is 8.56. The number of aliphatic hydroxyl groups excluding tert-OH is 1. The molecule has 0 fully saturated rings. The van der Waals surface area contributed by atoms with Gasteiger partial charge in [0.2, 0.25) is 0 Å². The Balaban J connectivity index is 4.99. The number of carbonyl (C=O) groups excluding carboxylic acids is 1. The number of rotatable bonds is 6. The minimum atomic E-state index is -2.06. The second-order valence-corrected chi connectivity index (χ2v) is 10.8. The molecular formula is C14H28O4Si. The summed E-state index contributed by atoms with van der Waals surface area (Å²) in [5.74, 6) is -0.635. The Bertz CT molecular complexity index is 318. The summed E-state index contributed by atoms with van der Waals surface area (Å²) >= 11 is 0. The maximum atomic E-state index is 11.6. The highest BCUT2D eigenvalue weighted by molar-refractivity contribution is 6.74. The first kappa shape index (κ1) is 18.3. The molecule has 0 saturated heterocycles. The van der Waals surface area contributed by atoms with E-state index in [1.54, 1.807) is 19.1 Å². The highest BCUT2D eigenvalue weighted by atomic mass is 28.4. The first-order valence-electron chi connectivity index (χ1n) is 6.72. The standard InChI is InChI=1S/C14H28O4Si/c1-8-10-11(12(15)13(16)17-9-2)18-19(6,7)14(3,4)5/h8,10-12,15H,9H2,1-7H3/b10-8-/t11-,12-/m1/s1. The fourth-order valence-corrected chi connectivity index (χ4v) is 2.52. The van der Waals surface area contributed by atoms with Crippen molar-refractivity contribution in [1.82, 2.24) is 0 Å². The minimum absolute atomic E-state index is 0.0151. The third-order valence-electron chi connectivity index (χ3n) is 3.46. The Morgan fingerprint density at radius 2 is 1.89 bits per heavy atom. The first-order valence-corrected chi connectivity index (χ1v) is 9.63. The molecule has 0 unspecified atom stereocenters. The highest BCUT2D eigenvalue weighted by Crippen LogP contribution is 2.37. The fourth-order valence-electron chi connectivity index (χ4n) is 1.28. The molecule has 0 spiro atoms.